The van der Waals surface area contributed by atoms with Gasteiger partial charge in [-0.05, 0) is 0 Å². The number of aromatic nitrogens is 8. The van der Waals surface area contributed by atoms with Gasteiger partial charge in [0, 0.05) is 43.8 Å². The van der Waals surface area contributed by atoms with E-state index in [1.807, 2.05) is 0 Å². The van der Waals surface area contributed by atoms with Gasteiger partial charge in [0.15, 0.2) is 23.3 Å². The third-order valence-corrected chi connectivity index (χ3v) is 12.8. The Hall–Kier alpha value is -4.87. The van der Waals surface area contributed by atoms with Crippen LogP contribution in [0.15, 0.2) is 92.4 Å². The van der Waals surface area contributed by atoms with Gasteiger partial charge in [-0.3, -0.25) is 0 Å². The fourth-order valence-corrected chi connectivity index (χ4v) is 11.6. The first-order valence-electron chi connectivity index (χ1n) is 15.5. The summed E-state index contributed by atoms with van der Waals surface area (Å²) in [5.41, 5.74) is -0.283. The van der Waals surface area contributed by atoms with E-state index in [1.54, 1.807) is 60.7 Å². The maximum absolute atomic E-state index is 13.0. The number of hydrogen-bond acceptors (Lipinski definition) is 18. The predicted molar refractivity (Wildman–Crippen MR) is 188 cm³/mol. The predicted octanol–water partition coefficient (Wildman–Crippen LogP) is 2.48. The molecule has 58 heavy (non-hydrogen) atoms. The van der Waals surface area contributed by atoms with Crippen LogP contribution >= 0.6 is 0 Å². The molecule has 0 aliphatic carbocycles. The summed E-state index contributed by atoms with van der Waals surface area (Å²) in [4.78, 5) is 23.0. The topological polar surface area (TPSA) is 338 Å². The largest absolute Gasteiger partial charge is 2.00 e. The summed E-state index contributed by atoms with van der Waals surface area (Å²) in [7, 11) is -26.0. The molecular weight excluding hydrogens is 1020 g/mol. The van der Waals surface area contributed by atoms with Crippen LogP contribution in [0.25, 0.3) is 89.7 Å². The van der Waals surface area contributed by atoms with Crippen molar-refractivity contribution in [2.45, 2.75) is 19.6 Å². The summed E-state index contributed by atoms with van der Waals surface area (Å²) in [6.45, 7) is 0. The first-order valence-corrected chi connectivity index (χ1v) is 21.1. The molecule has 8 bridgehead atoms. The smallest absolute Gasteiger partial charge is 0.744 e. The van der Waals surface area contributed by atoms with Gasteiger partial charge in [-0.25, -0.2) is 63.6 Å². The molecule has 2 radical (unpaired) electrons. The molecule has 0 spiro atoms. The third-order valence-electron chi connectivity index (χ3n) is 8.82. The summed E-state index contributed by atoms with van der Waals surface area (Å²) in [5, 5.41) is -1.56. The van der Waals surface area contributed by atoms with Crippen molar-refractivity contribution in [3.8, 4) is 45.6 Å². The molecule has 0 fully saturated rings. The molecule has 296 valence electrons. The first-order chi connectivity index (χ1) is 26.3. The van der Waals surface area contributed by atoms with Gasteiger partial charge in [-0.2, -0.15) is 0 Å². The number of aromatic amines is 2. The second-order valence-electron chi connectivity index (χ2n) is 12.1. The standard InChI is InChI=1S/C32H18N8O12S4.2Rh/c41-53(42,43)21-19-20(22(54(44,45)46)24(56(50,51)52)23(21)55(47,48)49)32-39-30-18-12-6-4-10-16(18)28(37-30)35-26-14-8-2-1-7-13(14)25(33-26)34-27-15-9-3-5-11-17(15)29(36-27)38-31(19)40-32;;/h1-12H,(H,41,42,43)(H,44,45,46)(H,47,48,49)(H,50,51,52)(H2,33,34,35,36,37,38,39,40);;/q;2*+2/p-4. The fourth-order valence-electron chi connectivity index (χ4n) is 6.72. The van der Waals surface area contributed by atoms with E-state index in [1.165, 1.54) is 12.1 Å². The Kier molecular flexibility index (Phi) is 9.87. The minimum absolute atomic E-state index is 0. The number of rotatable bonds is 4. The van der Waals surface area contributed by atoms with E-state index in [9.17, 15) is 51.9 Å². The molecule has 5 heterocycles. The van der Waals surface area contributed by atoms with E-state index in [4.69, 9.17) is 9.97 Å². The van der Waals surface area contributed by atoms with Crippen molar-refractivity contribution in [3.63, 3.8) is 0 Å². The van der Waals surface area contributed by atoms with Gasteiger partial charge in [-0.1, -0.05) is 72.8 Å². The van der Waals surface area contributed by atoms with Crippen LogP contribution in [0.4, 0.5) is 0 Å². The number of nitrogens with one attached hydrogen (secondary N) is 2. The molecule has 3 aromatic heterocycles. The fraction of sp³-hybridized carbons (Fsp3) is 0. The normalized spacial score (nSPS) is 12.8. The van der Waals surface area contributed by atoms with Crippen molar-refractivity contribution in [1.82, 2.24) is 39.9 Å². The van der Waals surface area contributed by atoms with E-state index in [0.29, 0.717) is 21.9 Å². The summed E-state index contributed by atoms with van der Waals surface area (Å²) in [6, 6.07) is 19.6. The number of hydrogen-bond donors (Lipinski definition) is 2. The Morgan fingerprint density at radius 2 is 0.621 bits per heavy atom. The van der Waals surface area contributed by atoms with Crippen molar-refractivity contribution in [2.24, 2.45) is 0 Å². The third kappa shape index (κ3) is 6.54. The second-order valence-corrected chi connectivity index (χ2v) is 17.4. The van der Waals surface area contributed by atoms with Crippen LogP contribution in [0.3, 0.4) is 0 Å². The molecule has 0 saturated heterocycles. The molecule has 2 N–H and O–H groups in total. The van der Waals surface area contributed by atoms with Crippen LogP contribution < -0.4 is 0 Å². The summed E-state index contributed by atoms with van der Waals surface area (Å²) >= 11 is 0. The number of H-pyrrole nitrogens is 2. The molecule has 7 aromatic rings. The Bertz CT molecular complexity index is 3390. The number of benzene rings is 4. The number of nitrogens with zero attached hydrogens (tertiary/aromatic N) is 6. The molecule has 0 atom stereocenters. The van der Waals surface area contributed by atoms with Crippen molar-refractivity contribution in [1.29, 1.82) is 0 Å². The molecule has 2 aliphatic rings. The Morgan fingerprint density at radius 3 is 0.914 bits per heavy atom. The Labute approximate surface area is 350 Å². The quantitative estimate of drug-likeness (QED) is 0.189. The second kappa shape index (κ2) is 13.9. The van der Waals surface area contributed by atoms with Gasteiger partial charge in [0.2, 0.25) is 0 Å². The molecule has 4 aromatic carbocycles. The van der Waals surface area contributed by atoms with Crippen molar-refractivity contribution in [2.75, 3.05) is 0 Å². The van der Waals surface area contributed by atoms with Gasteiger partial charge in [0.25, 0.3) is 0 Å². The average molecular weight is 1040 g/mol. The van der Waals surface area contributed by atoms with Crippen LogP contribution in [-0.2, 0) is 79.4 Å². The minimum atomic E-state index is -6.60. The van der Waals surface area contributed by atoms with E-state index in [0.717, 1.165) is 0 Å². The Balaban J connectivity index is 0.00000256. The molecule has 0 saturated carbocycles. The Morgan fingerprint density at radius 1 is 0.362 bits per heavy atom. The van der Waals surface area contributed by atoms with Crippen LogP contribution in [0.5, 0.6) is 0 Å². The molecular formula is C32H14N8O12Rh2S4. The maximum atomic E-state index is 13.0. The van der Waals surface area contributed by atoms with Crippen molar-refractivity contribution >= 4 is 84.6 Å². The molecule has 26 heteroatoms. The van der Waals surface area contributed by atoms with Crippen LogP contribution in [-0.4, -0.2) is 91.8 Å². The zero-order valence-electron chi connectivity index (χ0n) is 27.8. The van der Waals surface area contributed by atoms with E-state index < -0.39 is 82.1 Å². The summed E-state index contributed by atoms with van der Waals surface area (Å²) in [6.07, 6.45) is 0. The molecule has 9 rings (SSSR count). The molecule has 0 unspecified atom stereocenters. The summed E-state index contributed by atoms with van der Waals surface area (Å²) < 4.78 is 154. The van der Waals surface area contributed by atoms with Crippen molar-refractivity contribution in [3.05, 3.63) is 72.8 Å². The number of fused-ring (bicyclic) bond motifs is 20. The molecule has 20 nitrogen and oxygen atoms in total. The SMILES string of the molecule is O=S(=O)([O-])c1c(S(=O)(=O)[O-])c(S(=O)(=O)[O-])c2c3nc4nc(nc5[nH]c(nc6nc(nc([nH]3)c2c1S(=O)(=O)[O-])-c1ccccc1-6)c1ccccc51)-c1ccccc1-4.[Rh+2].[Rh+2]. The van der Waals surface area contributed by atoms with Gasteiger partial charge in [0.1, 0.15) is 63.1 Å². The summed E-state index contributed by atoms with van der Waals surface area (Å²) in [5.74, 6) is -0.637. The van der Waals surface area contributed by atoms with Gasteiger partial charge in [-0.15, -0.1) is 0 Å². The first kappa shape index (κ1) is 41.3. The van der Waals surface area contributed by atoms with Crippen molar-refractivity contribution < 1.29 is 90.8 Å². The van der Waals surface area contributed by atoms with E-state index in [2.05, 4.69) is 29.9 Å². The van der Waals surface area contributed by atoms with Gasteiger partial charge < -0.3 is 28.2 Å². The van der Waals surface area contributed by atoms with E-state index >= 15 is 0 Å². The van der Waals surface area contributed by atoms with Crippen LogP contribution in [0.2, 0.25) is 0 Å². The molecule has 2 aliphatic heterocycles. The molecule has 0 amide bonds. The minimum Gasteiger partial charge on any atom is -0.744 e. The van der Waals surface area contributed by atoms with Crippen LogP contribution in [0, 0.1) is 0 Å². The van der Waals surface area contributed by atoms with Gasteiger partial charge >= 0.3 is 39.0 Å². The van der Waals surface area contributed by atoms with E-state index in [-0.39, 0.29) is 84.7 Å². The van der Waals surface area contributed by atoms with Crippen LogP contribution in [0.1, 0.15) is 0 Å². The zero-order valence-corrected chi connectivity index (χ0v) is 34.4. The monoisotopic (exact) mass is 1040 g/mol. The van der Waals surface area contributed by atoms with Gasteiger partial charge in [0.05, 0.1) is 19.6 Å². The zero-order chi connectivity index (χ0) is 39.7. The maximum Gasteiger partial charge on any atom is 2.00 e. The average Bonchev–Trinajstić information content (AvgIpc) is 3.84.